The van der Waals surface area contributed by atoms with Crippen LogP contribution in [-0.2, 0) is 0 Å². The molecule has 0 aliphatic carbocycles. The minimum absolute atomic E-state index is 0.0633. The highest BCUT2D eigenvalue weighted by atomic mass is 32.1. The lowest BCUT2D eigenvalue weighted by molar-refractivity contribution is 0.318. The second-order valence-corrected chi connectivity index (χ2v) is 5.14. The zero-order valence-corrected chi connectivity index (χ0v) is 11.6. The van der Waals surface area contributed by atoms with Crippen LogP contribution in [0.1, 0.15) is 23.4 Å². The lowest BCUT2D eigenvalue weighted by Gasteiger charge is -2.26. The molecular formula is C13H16N4OS. The molecule has 0 saturated heterocycles. The molecule has 0 amide bonds. The summed E-state index contributed by atoms with van der Waals surface area (Å²) in [4.78, 5) is 7.59. The maximum atomic E-state index is 8.84. The molecule has 0 saturated carbocycles. The molecule has 0 aliphatic heterocycles. The first-order valence-electron chi connectivity index (χ1n) is 5.84. The largest absolute Gasteiger partial charge is 0.409 e. The van der Waals surface area contributed by atoms with Crippen molar-refractivity contribution in [3.8, 4) is 0 Å². The Morgan fingerprint density at radius 1 is 1.47 bits per heavy atom. The fourth-order valence-corrected chi connectivity index (χ4v) is 2.66. The molecule has 2 rings (SSSR count). The Kier molecular flexibility index (Phi) is 4.01. The number of hydrogen-bond acceptors (Lipinski definition) is 5. The van der Waals surface area contributed by atoms with Gasteiger partial charge in [-0.2, -0.15) is 0 Å². The fraction of sp³-hybridized carbons (Fsp3) is 0.231. The van der Waals surface area contributed by atoms with Crippen LogP contribution in [0.3, 0.4) is 0 Å². The molecule has 6 heteroatoms. The summed E-state index contributed by atoms with van der Waals surface area (Å²) in [6.45, 7) is 2.09. The first-order chi connectivity index (χ1) is 9.15. The lowest BCUT2D eigenvalue weighted by atomic mass is 10.2. The summed E-state index contributed by atoms with van der Waals surface area (Å²) < 4.78 is 0. The lowest BCUT2D eigenvalue weighted by Crippen LogP contribution is -2.26. The van der Waals surface area contributed by atoms with E-state index in [1.165, 1.54) is 4.88 Å². The van der Waals surface area contributed by atoms with Gasteiger partial charge in [0.25, 0.3) is 0 Å². The molecule has 0 bridgehead atoms. The first kappa shape index (κ1) is 13.4. The average Bonchev–Trinajstić information content (AvgIpc) is 2.99. The number of aromatic nitrogens is 1. The third-order valence-electron chi connectivity index (χ3n) is 3.04. The van der Waals surface area contributed by atoms with Crippen molar-refractivity contribution in [2.24, 2.45) is 10.9 Å². The maximum Gasteiger partial charge on any atom is 0.173 e. The quantitative estimate of drug-likeness (QED) is 0.389. The Labute approximate surface area is 116 Å². The van der Waals surface area contributed by atoms with Gasteiger partial charge in [0.2, 0.25) is 0 Å². The zero-order chi connectivity index (χ0) is 13.8. The molecule has 2 aromatic heterocycles. The number of nitrogens with two attached hydrogens (primary N) is 1. The van der Waals surface area contributed by atoms with Crippen molar-refractivity contribution in [3.63, 3.8) is 0 Å². The molecule has 1 atom stereocenters. The summed E-state index contributed by atoms with van der Waals surface area (Å²) in [6, 6.07) is 7.82. The Hall–Kier alpha value is -2.08. The molecule has 1 unspecified atom stereocenters. The van der Waals surface area contributed by atoms with E-state index in [-0.39, 0.29) is 11.9 Å². The van der Waals surface area contributed by atoms with Crippen molar-refractivity contribution in [2.45, 2.75) is 13.0 Å². The molecule has 3 N–H and O–H groups in total. The van der Waals surface area contributed by atoms with Gasteiger partial charge in [-0.1, -0.05) is 11.2 Å². The van der Waals surface area contributed by atoms with Gasteiger partial charge in [-0.15, -0.1) is 11.3 Å². The molecule has 0 aliphatic rings. The van der Waals surface area contributed by atoms with Crippen LogP contribution in [0.5, 0.6) is 0 Å². The maximum absolute atomic E-state index is 8.84. The Balaban J connectivity index is 2.36. The van der Waals surface area contributed by atoms with E-state index >= 15 is 0 Å². The molecule has 0 fully saturated rings. The number of anilines is 1. The van der Waals surface area contributed by atoms with E-state index in [0.29, 0.717) is 11.4 Å². The van der Waals surface area contributed by atoms with E-state index < -0.39 is 0 Å². The first-order valence-corrected chi connectivity index (χ1v) is 6.72. The second-order valence-electron chi connectivity index (χ2n) is 4.16. The molecule has 2 heterocycles. The van der Waals surface area contributed by atoms with E-state index in [1.807, 2.05) is 23.4 Å². The predicted molar refractivity (Wildman–Crippen MR) is 77.9 cm³/mol. The standard InChI is InChI=1S/C13H16N4OS/c1-9(11-6-4-8-19-11)17(2)13-10(12(14)16-18)5-3-7-15-13/h3-9,18H,1-2H3,(H2,14,16). The number of pyridine rings is 1. The van der Waals surface area contributed by atoms with Crippen LogP contribution < -0.4 is 10.6 Å². The van der Waals surface area contributed by atoms with Crippen LogP contribution >= 0.6 is 11.3 Å². The Morgan fingerprint density at radius 2 is 2.26 bits per heavy atom. The molecule has 2 aromatic rings. The number of rotatable bonds is 4. The predicted octanol–water partition coefficient (Wildman–Crippen LogP) is 2.43. The summed E-state index contributed by atoms with van der Waals surface area (Å²) in [5.41, 5.74) is 6.31. The molecule has 100 valence electrons. The van der Waals surface area contributed by atoms with Gasteiger partial charge in [0, 0.05) is 18.1 Å². The number of amidine groups is 1. The highest BCUT2D eigenvalue weighted by molar-refractivity contribution is 7.10. The van der Waals surface area contributed by atoms with E-state index in [1.54, 1.807) is 29.7 Å². The molecule has 0 radical (unpaired) electrons. The van der Waals surface area contributed by atoms with Gasteiger partial charge in [-0.05, 0) is 30.5 Å². The summed E-state index contributed by atoms with van der Waals surface area (Å²) in [5, 5.41) is 13.9. The van der Waals surface area contributed by atoms with E-state index in [9.17, 15) is 0 Å². The molecule has 19 heavy (non-hydrogen) atoms. The Morgan fingerprint density at radius 3 is 2.89 bits per heavy atom. The summed E-state index contributed by atoms with van der Waals surface area (Å²) >= 11 is 1.69. The normalized spacial score (nSPS) is 13.3. The SMILES string of the molecule is CC(c1cccs1)N(C)c1ncccc1/C(N)=N/O. The molecule has 5 nitrogen and oxygen atoms in total. The number of nitrogens with zero attached hydrogens (tertiary/aromatic N) is 3. The van der Waals surface area contributed by atoms with Crippen molar-refractivity contribution in [2.75, 3.05) is 11.9 Å². The van der Waals surface area contributed by atoms with Crippen LogP contribution in [0.15, 0.2) is 41.0 Å². The number of oxime groups is 1. The summed E-state index contributed by atoms with van der Waals surface area (Å²) in [5.74, 6) is 0.757. The van der Waals surface area contributed by atoms with E-state index in [2.05, 4.69) is 23.1 Å². The van der Waals surface area contributed by atoms with Gasteiger partial charge in [0.05, 0.1) is 11.6 Å². The van der Waals surface area contributed by atoms with Crippen molar-refractivity contribution in [1.82, 2.24) is 4.98 Å². The van der Waals surface area contributed by atoms with Crippen LogP contribution in [0.4, 0.5) is 5.82 Å². The third kappa shape index (κ3) is 2.68. The van der Waals surface area contributed by atoms with Crippen molar-refractivity contribution < 1.29 is 5.21 Å². The molecular weight excluding hydrogens is 260 g/mol. The average molecular weight is 276 g/mol. The van der Waals surface area contributed by atoms with Crippen LogP contribution in [0.2, 0.25) is 0 Å². The van der Waals surface area contributed by atoms with Crippen LogP contribution in [0.25, 0.3) is 0 Å². The highest BCUT2D eigenvalue weighted by Gasteiger charge is 2.18. The van der Waals surface area contributed by atoms with Crippen LogP contribution in [-0.4, -0.2) is 23.1 Å². The number of thiophene rings is 1. The second kappa shape index (κ2) is 5.71. The van der Waals surface area contributed by atoms with Gasteiger partial charge < -0.3 is 15.8 Å². The van der Waals surface area contributed by atoms with Crippen molar-refractivity contribution in [3.05, 3.63) is 46.3 Å². The van der Waals surface area contributed by atoms with E-state index in [4.69, 9.17) is 10.9 Å². The van der Waals surface area contributed by atoms with Crippen molar-refractivity contribution >= 4 is 23.0 Å². The molecule has 0 aromatic carbocycles. The van der Waals surface area contributed by atoms with Gasteiger partial charge in [0.1, 0.15) is 5.82 Å². The summed E-state index contributed by atoms with van der Waals surface area (Å²) in [7, 11) is 1.95. The van der Waals surface area contributed by atoms with Gasteiger partial charge in [0.15, 0.2) is 5.84 Å². The van der Waals surface area contributed by atoms with Gasteiger partial charge >= 0.3 is 0 Å². The third-order valence-corrected chi connectivity index (χ3v) is 4.08. The van der Waals surface area contributed by atoms with Gasteiger partial charge in [-0.25, -0.2) is 4.98 Å². The van der Waals surface area contributed by atoms with Crippen LogP contribution in [0, 0.1) is 0 Å². The topological polar surface area (TPSA) is 74.7 Å². The zero-order valence-electron chi connectivity index (χ0n) is 10.8. The minimum Gasteiger partial charge on any atom is -0.409 e. The monoisotopic (exact) mass is 276 g/mol. The van der Waals surface area contributed by atoms with Gasteiger partial charge in [-0.3, -0.25) is 0 Å². The molecule has 0 spiro atoms. The number of hydrogen-bond donors (Lipinski definition) is 2. The van der Waals surface area contributed by atoms with E-state index in [0.717, 1.165) is 0 Å². The minimum atomic E-state index is 0.0633. The smallest absolute Gasteiger partial charge is 0.173 e. The Bertz CT molecular complexity index is 568. The van der Waals surface area contributed by atoms with Crippen molar-refractivity contribution in [1.29, 1.82) is 0 Å². The fourth-order valence-electron chi connectivity index (χ4n) is 1.84. The summed E-state index contributed by atoms with van der Waals surface area (Å²) in [6.07, 6.45) is 1.70. The highest BCUT2D eigenvalue weighted by Crippen LogP contribution is 2.28.